The second-order valence-electron chi connectivity index (χ2n) is 8.18. The van der Waals surface area contributed by atoms with Crippen LogP contribution in [-0.4, -0.2) is 42.4 Å². The number of ether oxygens (including phenoxy) is 1. The summed E-state index contributed by atoms with van der Waals surface area (Å²) in [7, 11) is 3.90. The van der Waals surface area contributed by atoms with E-state index in [1.54, 1.807) is 18.7 Å². The number of amides is 1. The van der Waals surface area contributed by atoms with Crippen molar-refractivity contribution in [3.63, 3.8) is 0 Å². The van der Waals surface area contributed by atoms with Crippen LogP contribution >= 0.6 is 0 Å². The molecule has 1 amide bonds. The SMILES string of the molecule is CCOc1ccc(CN2C(=O)C(O)=C(C(=O)C(C)C)C2c2ccc(N(C)C)cc2)cc1. The lowest BCUT2D eigenvalue weighted by molar-refractivity contribution is -0.130. The lowest BCUT2D eigenvalue weighted by Crippen LogP contribution is -2.31. The Balaban J connectivity index is 2.00. The minimum atomic E-state index is -0.634. The molecule has 0 radical (unpaired) electrons. The molecule has 2 aromatic rings. The maximum absolute atomic E-state index is 13.0. The Labute approximate surface area is 183 Å². The van der Waals surface area contributed by atoms with Gasteiger partial charge in [-0.2, -0.15) is 0 Å². The second-order valence-corrected chi connectivity index (χ2v) is 8.18. The molecule has 31 heavy (non-hydrogen) atoms. The predicted molar refractivity (Wildman–Crippen MR) is 121 cm³/mol. The van der Waals surface area contributed by atoms with E-state index >= 15 is 0 Å². The van der Waals surface area contributed by atoms with E-state index in [1.165, 1.54) is 0 Å². The molecule has 0 aromatic heterocycles. The number of hydrogen-bond donors (Lipinski definition) is 1. The maximum Gasteiger partial charge on any atom is 0.290 e. The van der Waals surface area contributed by atoms with Crippen LogP contribution in [0, 0.1) is 5.92 Å². The molecular weight excluding hydrogens is 392 g/mol. The fourth-order valence-electron chi connectivity index (χ4n) is 3.74. The number of nitrogens with zero attached hydrogens (tertiary/aromatic N) is 2. The molecular formula is C25H30N2O4. The van der Waals surface area contributed by atoms with Gasteiger partial charge in [-0.25, -0.2) is 0 Å². The Morgan fingerprint density at radius 1 is 1.10 bits per heavy atom. The first-order chi connectivity index (χ1) is 14.7. The van der Waals surface area contributed by atoms with Gasteiger partial charge in [-0.05, 0) is 42.3 Å². The van der Waals surface area contributed by atoms with Crippen LogP contribution < -0.4 is 9.64 Å². The van der Waals surface area contributed by atoms with E-state index in [0.717, 1.165) is 22.6 Å². The molecule has 0 saturated heterocycles. The molecule has 6 heteroatoms. The third-order valence-corrected chi connectivity index (χ3v) is 5.41. The van der Waals surface area contributed by atoms with Gasteiger partial charge in [0.25, 0.3) is 5.91 Å². The first kappa shape index (κ1) is 22.4. The highest BCUT2D eigenvalue weighted by Gasteiger charge is 2.43. The average Bonchev–Trinajstić information content (AvgIpc) is 2.99. The van der Waals surface area contributed by atoms with Gasteiger partial charge in [0.1, 0.15) is 5.75 Å². The van der Waals surface area contributed by atoms with Crippen LogP contribution in [-0.2, 0) is 16.1 Å². The van der Waals surface area contributed by atoms with E-state index in [0.29, 0.717) is 6.61 Å². The molecule has 0 spiro atoms. The standard InChI is InChI=1S/C25H30N2O4/c1-6-31-20-13-7-17(8-14-20)15-27-22(18-9-11-19(12-10-18)26(4)5)21(23(28)16(2)3)24(29)25(27)30/h7-14,16,22,29H,6,15H2,1-5H3. The highest BCUT2D eigenvalue weighted by molar-refractivity contribution is 6.09. The molecule has 0 aliphatic carbocycles. The van der Waals surface area contributed by atoms with Gasteiger partial charge in [0, 0.05) is 32.2 Å². The number of aliphatic hydroxyl groups excluding tert-OH is 1. The van der Waals surface area contributed by atoms with E-state index in [4.69, 9.17) is 4.74 Å². The molecule has 1 unspecified atom stereocenters. The van der Waals surface area contributed by atoms with Crippen LogP contribution in [0.4, 0.5) is 5.69 Å². The number of anilines is 1. The maximum atomic E-state index is 13.0. The summed E-state index contributed by atoms with van der Waals surface area (Å²) in [6.45, 7) is 6.31. The van der Waals surface area contributed by atoms with Crippen LogP contribution in [0.1, 0.15) is 37.9 Å². The first-order valence-corrected chi connectivity index (χ1v) is 10.5. The van der Waals surface area contributed by atoms with Gasteiger partial charge < -0.3 is 19.6 Å². The molecule has 1 atom stereocenters. The Morgan fingerprint density at radius 3 is 2.23 bits per heavy atom. The monoisotopic (exact) mass is 422 g/mol. The third-order valence-electron chi connectivity index (χ3n) is 5.41. The Morgan fingerprint density at radius 2 is 1.71 bits per heavy atom. The van der Waals surface area contributed by atoms with Crippen molar-refractivity contribution in [1.29, 1.82) is 0 Å². The zero-order chi connectivity index (χ0) is 22.7. The highest BCUT2D eigenvalue weighted by Crippen LogP contribution is 2.40. The Bertz CT molecular complexity index is 976. The van der Waals surface area contributed by atoms with Crippen molar-refractivity contribution in [2.24, 2.45) is 5.92 Å². The minimum absolute atomic E-state index is 0.170. The molecule has 1 aliphatic heterocycles. The van der Waals surface area contributed by atoms with Crippen molar-refractivity contribution in [3.8, 4) is 5.75 Å². The summed E-state index contributed by atoms with van der Waals surface area (Å²) < 4.78 is 5.49. The lowest BCUT2D eigenvalue weighted by atomic mass is 9.91. The summed E-state index contributed by atoms with van der Waals surface area (Å²) in [4.78, 5) is 29.5. The molecule has 2 aromatic carbocycles. The largest absolute Gasteiger partial charge is 0.503 e. The molecule has 0 fully saturated rings. The van der Waals surface area contributed by atoms with Gasteiger partial charge in [0.2, 0.25) is 0 Å². The van der Waals surface area contributed by atoms with Crippen molar-refractivity contribution in [2.75, 3.05) is 25.6 Å². The van der Waals surface area contributed by atoms with Gasteiger partial charge in [-0.15, -0.1) is 0 Å². The summed E-state index contributed by atoms with van der Waals surface area (Å²) in [5.41, 5.74) is 2.86. The fourth-order valence-corrected chi connectivity index (χ4v) is 3.74. The van der Waals surface area contributed by atoms with Crippen molar-refractivity contribution in [3.05, 3.63) is 71.0 Å². The van der Waals surface area contributed by atoms with Crippen LogP contribution in [0.2, 0.25) is 0 Å². The number of aliphatic hydroxyl groups is 1. The molecule has 3 rings (SSSR count). The van der Waals surface area contributed by atoms with Crippen LogP contribution in [0.25, 0.3) is 0 Å². The van der Waals surface area contributed by atoms with E-state index in [2.05, 4.69) is 0 Å². The summed E-state index contributed by atoms with van der Waals surface area (Å²) in [6, 6.07) is 14.6. The quantitative estimate of drug-likeness (QED) is 0.688. The van der Waals surface area contributed by atoms with Gasteiger partial charge in [0.15, 0.2) is 11.5 Å². The van der Waals surface area contributed by atoms with Gasteiger partial charge in [-0.3, -0.25) is 9.59 Å². The van der Waals surface area contributed by atoms with Crippen molar-refractivity contribution >= 4 is 17.4 Å². The molecule has 1 aliphatic rings. The van der Waals surface area contributed by atoms with Crippen LogP contribution in [0.5, 0.6) is 5.75 Å². The summed E-state index contributed by atoms with van der Waals surface area (Å²) in [5, 5.41) is 10.7. The van der Waals surface area contributed by atoms with Crippen LogP contribution in [0.3, 0.4) is 0 Å². The van der Waals surface area contributed by atoms with Crippen LogP contribution in [0.15, 0.2) is 59.9 Å². The molecule has 1 N–H and O–H groups in total. The van der Waals surface area contributed by atoms with E-state index in [1.807, 2.05) is 74.4 Å². The fraction of sp³-hybridized carbons (Fsp3) is 0.360. The number of ketones is 1. The topological polar surface area (TPSA) is 70.1 Å². The number of rotatable bonds is 8. The van der Waals surface area contributed by atoms with E-state index < -0.39 is 17.7 Å². The second kappa shape index (κ2) is 9.25. The van der Waals surface area contributed by atoms with E-state index in [-0.39, 0.29) is 23.8 Å². The Hall–Kier alpha value is -3.28. The lowest BCUT2D eigenvalue weighted by Gasteiger charge is -2.28. The Kier molecular flexibility index (Phi) is 6.68. The molecule has 1 heterocycles. The molecule has 0 saturated carbocycles. The number of Topliss-reactive ketones (excluding diaryl/α,β-unsaturated/α-hetero) is 1. The van der Waals surface area contributed by atoms with Crippen molar-refractivity contribution in [2.45, 2.75) is 33.4 Å². The van der Waals surface area contributed by atoms with Crippen molar-refractivity contribution < 1.29 is 19.4 Å². The van der Waals surface area contributed by atoms with Gasteiger partial charge >= 0.3 is 0 Å². The zero-order valence-corrected chi connectivity index (χ0v) is 18.8. The number of carbonyl (C=O) groups is 2. The molecule has 6 nitrogen and oxygen atoms in total. The summed E-state index contributed by atoms with van der Waals surface area (Å²) in [6.07, 6.45) is 0. The summed E-state index contributed by atoms with van der Waals surface area (Å²) >= 11 is 0. The normalized spacial score (nSPS) is 16.3. The van der Waals surface area contributed by atoms with Gasteiger partial charge in [0.05, 0.1) is 18.2 Å². The number of benzene rings is 2. The van der Waals surface area contributed by atoms with Crippen molar-refractivity contribution in [1.82, 2.24) is 4.90 Å². The highest BCUT2D eigenvalue weighted by atomic mass is 16.5. The minimum Gasteiger partial charge on any atom is -0.503 e. The van der Waals surface area contributed by atoms with Gasteiger partial charge in [-0.1, -0.05) is 38.1 Å². The first-order valence-electron chi connectivity index (χ1n) is 10.5. The zero-order valence-electron chi connectivity index (χ0n) is 18.8. The predicted octanol–water partition coefficient (Wildman–Crippen LogP) is 4.27. The molecule has 0 bridgehead atoms. The number of carbonyl (C=O) groups excluding carboxylic acids is 2. The number of hydrogen-bond acceptors (Lipinski definition) is 5. The summed E-state index contributed by atoms with van der Waals surface area (Å²) in [5.74, 6) is -0.780. The smallest absolute Gasteiger partial charge is 0.290 e. The van der Waals surface area contributed by atoms with E-state index in [9.17, 15) is 14.7 Å². The third kappa shape index (κ3) is 4.58. The average molecular weight is 423 g/mol. The molecule has 164 valence electrons.